The summed E-state index contributed by atoms with van der Waals surface area (Å²) >= 11 is 0. The van der Waals surface area contributed by atoms with Crippen LogP contribution in [0.15, 0.2) is 187 Å². The van der Waals surface area contributed by atoms with E-state index >= 15 is 0 Å². The zero-order chi connectivity index (χ0) is 79.7. The SMILES string of the molecule is C.CC(C)c1cccc(C(C)C)c1N=P(c1ccccc1)(c1ccccc1)C1CCCC1.CC(C)c1cccc(C(C)C)c1NP(=C1C=CC=C1)(c1ccccc1)c1ccccc1.C[Si](C)(C)C.[CH2-][Si](C)(C)C.[CH2-][Si](C)(C)C.[CH2-][Si](C)(C)C.[CH2-][Si](C)(C)C.[CH2-][Si](C)(C)C.[CH2-][Si](C)(C)C.[CH2-][Si](C)(C)C.[CH3-].[Zr+4].[Zr+4]. The van der Waals surface area contributed by atoms with Gasteiger partial charge in [-0.3, -0.25) is 4.74 Å². The van der Waals surface area contributed by atoms with Gasteiger partial charge in [-0.25, -0.2) is 0 Å². The van der Waals surface area contributed by atoms with Crippen molar-refractivity contribution < 1.29 is 52.4 Å². The standard InChI is InChI=1S/C29H36NP.C29H32NP.C4H12Si.7C4H11Si.CH4.CH3.2Zr/c2*1-22(2)27-20-13-21-28(23(3)4)29(27)30-31(26-18-11-12-19-26,24-14-7-5-8-15-24)25-16-9-6-10-17-25;8*1-5(2,3)4;;;;/h5-10,13-17,20-23,26H,11-12,18-19H2,1-4H3;5-23,30H,1-4H3;1-4H3;7*1H2,2-4H3;1H4;1H3;;/q;;;7*-1;;-1;2*+4. The topological polar surface area (TPSA) is 24.4 Å². The van der Waals surface area contributed by atoms with Crippen molar-refractivity contribution in [3.8, 4) is 0 Å². The molecule has 8 rings (SSSR count). The molecule has 0 bridgehead atoms. The Kier molecular flexibility index (Phi) is 58.5. The number of anilines is 1. The molecular formula is C92H164N2P2Si8Zr2. The Labute approximate surface area is 710 Å². The van der Waals surface area contributed by atoms with Gasteiger partial charge in [0.05, 0.1) is 5.69 Å². The summed E-state index contributed by atoms with van der Waals surface area (Å²) in [4.78, 5) is 0. The van der Waals surface area contributed by atoms with E-state index in [-0.39, 0.29) is 67.3 Å². The van der Waals surface area contributed by atoms with Crippen LogP contribution in [0.3, 0.4) is 0 Å². The summed E-state index contributed by atoms with van der Waals surface area (Å²) in [5.41, 5.74) is 8.73. The summed E-state index contributed by atoms with van der Waals surface area (Å²) in [6.07, 6.45) is 14.1. The van der Waals surface area contributed by atoms with Crippen molar-refractivity contribution in [2.75, 3.05) is 5.09 Å². The molecular weight excluding hydrogens is 1600 g/mol. The Bertz CT molecular complexity index is 3070. The van der Waals surface area contributed by atoms with Gasteiger partial charge in [-0.1, -0.05) is 421 Å². The van der Waals surface area contributed by atoms with Crippen LogP contribution in [0.5, 0.6) is 0 Å². The van der Waals surface area contributed by atoms with Crippen molar-refractivity contribution in [3.05, 3.63) is 258 Å². The average molecular weight is 1770 g/mol. The van der Waals surface area contributed by atoms with Gasteiger partial charge in [0.2, 0.25) is 0 Å². The van der Waals surface area contributed by atoms with Crippen molar-refractivity contribution >= 4 is 117 Å². The molecule has 0 radical (unpaired) electrons. The van der Waals surface area contributed by atoms with Crippen LogP contribution in [-0.4, -0.2) is 75.5 Å². The average Bonchev–Trinajstić information content (AvgIpc) is 1.12. The molecule has 0 atom stereocenters. The zero-order valence-corrected chi connectivity index (χ0v) is 89.0. The minimum absolute atomic E-state index is 0. The summed E-state index contributed by atoms with van der Waals surface area (Å²) < 4.78 is 5.97. The van der Waals surface area contributed by atoms with E-state index in [4.69, 9.17) is 4.74 Å². The molecule has 6 aromatic carbocycles. The molecule has 1 fully saturated rings. The molecule has 592 valence electrons. The maximum Gasteiger partial charge on any atom is 4.00 e. The first-order valence-electron chi connectivity index (χ1n) is 38.0. The van der Waals surface area contributed by atoms with E-state index in [0.29, 0.717) is 29.3 Å². The molecule has 0 heterocycles. The van der Waals surface area contributed by atoms with Crippen LogP contribution in [-0.2, 0) is 52.4 Å². The second-order valence-corrected chi connectivity index (χ2v) is 87.4. The van der Waals surface area contributed by atoms with Gasteiger partial charge in [-0.2, -0.15) is 0 Å². The number of nitrogens with one attached hydrogen (secondary N) is 1. The summed E-state index contributed by atoms with van der Waals surface area (Å²) in [6, 6.07) is 58.1. The number of benzene rings is 6. The van der Waals surface area contributed by atoms with E-state index in [9.17, 15) is 0 Å². The van der Waals surface area contributed by atoms with Gasteiger partial charge < -0.3 is 58.3 Å². The van der Waals surface area contributed by atoms with Crippen LogP contribution in [0.1, 0.15) is 134 Å². The van der Waals surface area contributed by atoms with Crippen molar-refractivity contribution in [1.82, 2.24) is 0 Å². The second-order valence-electron chi connectivity index (χ2n) is 39.1. The number of nitrogens with zero attached hydrogens (tertiary/aromatic N) is 1. The molecule has 0 spiro atoms. The van der Waals surface area contributed by atoms with E-state index in [1.807, 2.05) is 0 Å². The number of para-hydroxylation sites is 1. The quantitative estimate of drug-likeness (QED) is 0.0737. The minimum Gasteiger partial charge on any atom is -0.358 e. The van der Waals surface area contributed by atoms with Crippen molar-refractivity contribution in [2.45, 2.75) is 282 Å². The van der Waals surface area contributed by atoms with Gasteiger partial charge in [0.1, 0.15) is 0 Å². The number of allylic oxidation sites excluding steroid dienone is 4. The molecule has 0 amide bonds. The molecule has 6 aromatic rings. The van der Waals surface area contributed by atoms with E-state index in [1.54, 1.807) is 0 Å². The smallest absolute Gasteiger partial charge is 0.358 e. The maximum absolute atomic E-state index is 5.97. The van der Waals surface area contributed by atoms with Gasteiger partial charge in [-0.15, -0.1) is 56.5 Å². The van der Waals surface area contributed by atoms with Crippen molar-refractivity contribution in [1.29, 1.82) is 0 Å². The zero-order valence-electron chi connectivity index (χ0n) is 74.3. The van der Waals surface area contributed by atoms with E-state index in [0.717, 1.165) is 0 Å². The molecule has 2 aliphatic carbocycles. The fourth-order valence-electron chi connectivity index (χ4n) is 9.52. The largest absolute Gasteiger partial charge is 4.00 e. The second kappa shape index (κ2) is 53.7. The minimum atomic E-state index is -2.11. The van der Waals surface area contributed by atoms with Crippen LogP contribution in [0.2, 0.25) is 164 Å². The van der Waals surface area contributed by atoms with Crippen LogP contribution in [0, 0.1) is 53.3 Å². The molecule has 0 saturated heterocycles. The Morgan fingerprint density at radius 1 is 0.340 bits per heavy atom. The van der Waals surface area contributed by atoms with Crippen molar-refractivity contribution in [2.24, 2.45) is 4.74 Å². The Morgan fingerprint density at radius 2 is 0.547 bits per heavy atom. The number of hydrogen-bond acceptors (Lipinski definition) is 2. The van der Waals surface area contributed by atoms with Crippen LogP contribution < -0.4 is 26.3 Å². The molecule has 0 aliphatic heterocycles. The summed E-state index contributed by atoms with van der Waals surface area (Å²) in [7, 11) is -10.7. The van der Waals surface area contributed by atoms with Gasteiger partial charge in [0.25, 0.3) is 0 Å². The van der Waals surface area contributed by atoms with E-state index in [1.165, 1.54) is 85.8 Å². The first-order chi connectivity index (χ1) is 46.1. The van der Waals surface area contributed by atoms with E-state index in [2.05, 4.69) is 452 Å². The molecule has 1 N–H and O–H groups in total. The van der Waals surface area contributed by atoms with Gasteiger partial charge in [0.15, 0.2) is 0 Å². The Hall–Kier alpha value is -1.37. The third-order valence-electron chi connectivity index (χ3n) is 12.7. The summed E-state index contributed by atoms with van der Waals surface area (Å²) in [5, 5.41) is 11.2. The number of rotatable bonds is 12. The Morgan fingerprint density at radius 3 is 0.764 bits per heavy atom. The summed E-state index contributed by atoms with van der Waals surface area (Å²) in [6.45, 7) is 102. The molecule has 106 heavy (non-hydrogen) atoms. The molecule has 14 heteroatoms. The predicted octanol–water partition coefficient (Wildman–Crippen LogP) is 30.5. The number of hydrogen-bond donors (Lipinski definition) is 1. The van der Waals surface area contributed by atoms with Crippen molar-refractivity contribution in [3.63, 3.8) is 0 Å². The normalized spacial score (nSPS) is 12.8. The van der Waals surface area contributed by atoms with Gasteiger partial charge in [0, 0.05) is 33.5 Å². The third-order valence-corrected chi connectivity index (χ3v) is 20.8. The Balaban J connectivity index is -0.000000306. The predicted molar refractivity (Wildman–Crippen MR) is 522 cm³/mol. The van der Waals surface area contributed by atoms with Gasteiger partial charge >= 0.3 is 52.4 Å². The first-order valence-corrected chi connectivity index (χ1v) is 71.6. The molecule has 2 aliphatic rings. The van der Waals surface area contributed by atoms with Crippen LogP contribution in [0.25, 0.3) is 0 Å². The molecule has 1 saturated carbocycles. The third kappa shape index (κ3) is 58.5. The van der Waals surface area contributed by atoms with E-state index < -0.39 is 78.7 Å². The molecule has 2 nitrogen and oxygen atoms in total. The van der Waals surface area contributed by atoms with Crippen LogP contribution >= 0.6 is 14.1 Å². The molecule has 0 aromatic heterocycles. The summed E-state index contributed by atoms with van der Waals surface area (Å²) in [5.74, 6) is 1.78. The fraction of sp³-hybridized carbons (Fsp3) is 0.467. The first kappa shape index (κ1) is 116. The van der Waals surface area contributed by atoms with Gasteiger partial charge in [-0.05, 0) is 85.3 Å². The fourth-order valence-corrected chi connectivity index (χ4v) is 17.7. The maximum atomic E-state index is 5.97. The monoisotopic (exact) mass is 1760 g/mol. The van der Waals surface area contributed by atoms with Crippen LogP contribution in [0.4, 0.5) is 11.4 Å². The molecule has 0 unspecified atom stereocenters.